The molecule has 0 aromatic heterocycles. The molecule has 0 bridgehead atoms. The minimum absolute atomic E-state index is 0.184. The molecule has 1 heterocycles. The molecule has 31 heavy (non-hydrogen) atoms. The summed E-state index contributed by atoms with van der Waals surface area (Å²) in [6.07, 6.45) is 4.79. The number of amides is 1. The van der Waals surface area contributed by atoms with Crippen molar-refractivity contribution in [2.75, 3.05) is 26.8 Å². The van der Waals surface area contributed by atoms with Crippen molar-refractivity contribution in [1.29, 1.82) is 0 Å². The van der Waals surface area contributed by atoms with Gasteiger partial charge in [0.1, 0.15) is 11.3 Å². The second-order valence-electron chi connectivity index (χ2n) is 8.21. The molecule has 9 heteroatoms. The fourth-order valence-electron chi connectivity index (χ4n) is 4.40. The van der Waals surface area contributed by atoms with Crippen LogP contribution in [0.25, 0.3) is 0 Å². The van der Waals surface area contributed by atoms with Gasteiger partial charge in [-0.3, -0.25) is 4.79 Å². The van der Waals surface area contributed by atoms with E-state index in [0.717, 1.165) is 19.3 Å². The van der Waals surface area contributed by atoms with Crippen LogP contribution in [0.5, 0.6) is 5.75 Å². The predicted octanol–water partition coefficient (Wildman–Crippen LogP) is 2.48. The third-order valence-corrected chi connectivity index (χ3v) is 8.17. The summed E-state index contributed by atoms with van der Waals surface area (Å²) >= 11 is 0. The van der Waals surface area contributed by atoms with Gasteiger partial charge in [0.15, 0.2) is 0 Å². The molecule has 0 spiro atoms. The van der Waals surface area contributed by atoms with Crippen molar-refractivity contribution in [2.45, 2.75) is 62.3 Å². The lowest BCUT2D eigenvalue weighted by molar-refractivity contribution is -0.155. The maximum Gasteiger partial charge on any atom is 0.331 e. The van der Waals surface area contributed by atoms with E-state index in [0.29, 0.717) is 31.4 Å². The standard InChI is InChI=1S/C22H32N2O6S/c1-3-30-21(26)22(13-5-4-6-14-22)23-20(25)17-11-15-24(16-12-17)31(27,28)19-9-7-18(29-2)8-10-19/h7-10,17H,3-6,11-16H2,1-2H3,(H,23,25). The highest BCUT2D eigenvalue weighted by molar-refractivity contribution is 7.89. The van der Waals surface area contributed by atoms with Gasteiger partial charge in [-0.15, -0.1) is 0 Å². The summed E-state index contributed by atoms with van der Waals surface area (Å²) in [7, 11) is -2.10. The van der Waals surface area contributed by atoms with E-state index in [1.165, 1.54) is 23.5 Å². The Kier molecular flexibility index (Phi) is 7.59. The minimum atomic E-state index is -3.62. The minimum Gasteiger partial charge on any atom is -0.497 e. The number of nitrogens with one attached hydrogen (secondary N) is 1. The number of sulfonamides is 1. The van der Waals surface area contributed by atoms with Crippen LogP contribution in [-0.2, 0) is 24.3 Å². The van der Waals surface area contributed by atoms with Gasteiger partial charge in [-0.2, -0.15) is 4.31 Å². The Balaban J connectivity index is 1.62. The van der Waals surface area contributed by atoms with Crippen LogP contribution in [0.4, 0.5) is 0 Å². The molecule has 1 aromatic carbocycles. The van der Waals surface area contributed by atoms with Crippen LogP contribution in [0.1, 0.15) is 51.9 Å². The molecule has 0 unspecified atom stereocenters. The molecule has 1 amide bonds. The summed E-state index contributed by atoms with van der Waals surface area (Å²) in [5.74, 6) is -0.276. The van der Waals surface area contributed by atoms with E-state index >= 15 is 0 Å². The first-order valence-electron chi connectivity index (χ1n) is 11.0. The summed E-state index contributed by atoms with van der Waals surface area (Å²) in [4.78, 5) is 25.8. The van der Waals surface area contributed by atoms with Crippen LogP contribution in [0.15, 0.2) is 29.2 Å². The predicted molar refractivity (Wildman–Crippen MR) is 115 cm³/mol. The third-order valence-electron chi connectivity index (χ3n) is 6.26. The van der Waals surface area contributed by atoms with Crippen LogP contribution in [0.2, 0.25) is 0 Å². The Bertz CT molecular complexity index is 870. The number of piperidine rings is 1. The van der Waals surface area contributed by atoms with Crippen molar-refractivity contribution in [3.8, 4) is 5.75 Å². The lowest BCUT2D eigenvalue weighted by Gasteiger charge is -2.38. The van der Waals surface area contributed by atoms with Gasteiger partial charge in [-0.1, -0.05) is 19.3 Å². The summed E-state index contributed by atoms with van der Waals surface area (Å²) in [5.41, 5.74) is -0.947. The zero-order valence-electron chi connectivity index (χ0n) is 18.3. The smallest absolute Gasteiger partial charge is 0.331 e. The van der Waals surface area contributed by atoms with E-state index in [2.05, 4.69) is 5.32 Å². The lowest BCUT2D eigenvalue weighted by Crippen LogP contribution is -2.58. The molecule has 3 rings (SSSR count). The van der Waals surface area contributed by atoms with E-state index in [1.54, 1.807) is 19.1 Å². The molecule has 1 aromatic rings. The lowest BCUT2D eigenvalue weighted by atomic mass is 9.81. The number of hydrogen-bond acceptors (Lipinski definition) is 6. The third kappa shape index (κ3) is 5.20. The first kappa shape index (κ1) is 23.5. The van der Waals surface area contributed by atoms with E-state index in [4.69, 9.17) is 9.47 Å². The van der Waals surface area contributed by atoms with E-state index in [1.807, 2.05) is 0 Å². The Morgan fingerprint density at radius 2 is 1.71 bits per heavy atom. The summed E-state index contributed by atoms with van der Waals surface area (Å²) < 4.78 is 37.6. The number of hydrogen-bond donors (Lipinski definition) is 1. The first-order chi connectivity index (χ1) is 14.8. The van der Waals surface area contributed by atoms with Crippen LogP contribution in [0, 0.1) is 5.92 Å². The summed E-state index contributed by atoms with van der Waals surface area (Å²) in [6, 6.07) is 6.29. The number of carbonyl (C=O) groups is 2. The number of benzene rings is 1. The average Bonchev–Trinajstić information content (AvgIpc) is 2.80. The van der Waals surface area contributed by atoms with Crippen LogP contribution >= 0.6 is 0 Å². The van der Waals surface area contributed by atoms with Gasteiger partial charge in [0, 0.05) is 19.0 Å². The number of nitrogens with zero attached hydrogens (tertiary/aromatic N) is 1. The van der Waals surface area contributed by atoms with Gasteiger partial charge in [0.25, 0.3) is 0 Å². The molecule has 1 saturated heterocycles. The SMILES string of the molecule is CCOC(=O)C1(NC(=O)C2CCN(S(=O)(=O)c3ccc(OC)cc3)CC2)CCCCC1. The maximum absolute atomic E-state index is 13.0. The highest BCUT2D eigenvalue weighted by Crippen LogP contribution is 2.31. The number of ether oxygens (including phenoxy) is 2. The number of methoxy groups -OCH3 is 1. The van der Waals surface area contributed by atoms with E-state index in [-0.39, 0.29) is 42.4 Å². The van der Waals surface area contributed by atoms with E-state index < -0.39 is 15.6 Å². The zero-order valence-corrected chi connectivity index (χ0v) is 19.1. The van der Waals surface area contributed by atoms with Crippen molar-refractivity contribution in [3.63, 3.8) is 0 Å². The Labute approximate surface area is 184 Å². The van der Waals surface area contributed by atoms with Crippen LogP contribution in [-0.4, -0.2) is 56.9 Å². The monoisotopic (exact) mass is 452 g/mol. The normalized spacial score (nSPS) is 20.1. The largest absolute Gasteiger partial charge is 0.497 e. The Morgan fingerprint density at radius 1 is 1.10 bits per heavy atom. The van der Waals surface area contributed by atoms with Gasteiger partial charge in [-0.25, -0.2) is 13.2 Å². The second-order valence-corrected chi connectivity index (χ2v) is 10.1. The molecule has 0 atom stereocenters. The van der Waals surface area contributed by atoms with Crippen molar-refractivity contribution in [3.05, 3.63) is 24.3 Å². The molecule has 2 aliphatic rings. The highest BCUT2D eigenvalue weighted by Gasteiger charge is 2.44. The second kappa shape index (κ2) is 9.99. The molecule has 2 fully saturated rings. The first-order valence-corrected chi connectivity index (χ1v) is 12.4. The summed E-state index contributed by atoms with van der Waals surface area (Å²) in [6.45, 7) is 2.56. The molecular formula is C22H32N2O6S. The van der Waals surface area contributed by atoms with Gasteiger partial charge >= 0.3 is 5.97 Å². The van der Waals surface area contributed by atoms with Crippen LogP contribution < -0.4 is 10.1 Å². The zero-order chi connectivity index (χ0) is 22.5. The average molecular weight is 453 g/mol. The number of rotatable bonds is 7. The van der Waals surface area contributed by atoms with Crippen molar-refractivity contribution in [1.82, 2.24) is 9.62 Å². The van der Waals surface area contributed by atoms with Gasteiger partial charge in [0.05, 0.1) is 18.6 Å². The molecule has 1 aliphatic heterocycles. The Morgan fingerprint density at radius 3 is 2.26 bits per heavy atom. The number of carbonyl (C=O) groups excluding carboxylic acids is 2. The fourth-order valence-corrected chi connectivity index (χ4v) is 5.87. The molecular weight excluding hydrogens is 420 g/mol. The quantitative estimate of drug-likeness (QED) is 0.638. The van der Waals surface area contributed by atoms with E-state index in [9.17, 15) is 18.0 Å². The molecule has 1 aliphatic carbocycles. The maximum atomic E-state index is 13.0. The highest BCUT2D eigenvalue weighted by atomic mass is 32.2. The molecule has 0 radical (unpaired) electrons. The molecule has 1 N–H and O–H groups in total. The van der Waals surface area contributed by atoms with Crippen molar-refractivity contribution < 1.29 is 27.5 Å². The molecule has 172 valence electrons. The molecule has 1 saturated carbocycles. The number of esters is 1. The fraction of sp³-hybridized carbons (Fsp3) is 0.636. The van der Waals surface area contributed by atoms with Crippen LogP contribution in [0.3, 0.4) is 0 Å². The Hall–Kier alpha value is -2.13. The van der Waals surface area contributed by atoms with Gasteiger partial charge in [-0.05, 0) is 56.9 Å². The topological polar surface area (TPSA) is 102 Å². The van der Waals surface area contributed by atoms with Gasteiger partial charge in [0.2, 0.25) is 15.9 Å². The molecule has 8 nitrogen and oxygen atoms in total. The van der Waals surface area contributed by atoms with Gasteiger partial charge < -0.3 is 14.8 Å². The summed E-state index contributed by atoms with van der Waals surface area (Å²) in [5, 5.41) is 2.99. The van der Waals surface area contributed by atoms with Crippen molar-refractivity contribution in [2.24, 2.45) is 5.92 Å². The van der Waals surface area contributed by atoms with Crippen molar-refractivity contribution >= 4 is 21.9 Å².